The number of hydrogen-bond acceptors (Lipinski definition) is 7. The van der Waals surface area contributed by atoms with Gasteiger partial charge in [-0.25, -0.2) is 9.37 Å². The lowest BCUT2D eigenvalue weighted by molar-refractivity contribution is 0.243. The van der Waals surface area contributed by atoms with Crippen LogP contribution in [0.3, 0.4) is 0 Å². The van der Waals surface area contributed by atoms with E-state index in [1.54, 1.807) is 6.20 Å². The summed E-state index contributed by atoms with van der Waals surface area (Å²) in [5.41, 5.74) is 1.90. The van der Waals surface area contributed by atoms with Crippen molar-refractivity contribution in [2.45, 2.75) is 32.8 Å². The van der Waals surface area contributed by atoms with Gasteiger partial charge in [0, 0.05) is 30.6 Å². The highest BCUT2D eigenvalue weighted by atomic mass is 19.1. The highest BCUT2D eigenvalue weighted by molar-refractivity contribution is 5.64. The van der Waals surface area contributed by atoms with E-state index in [2.05, 4.69) is 30.9 Å². The Morgan fingerprint density at radius 3 is 2.69 bits per heavy atom. The van der Waals surface area contributed by atoms with Crippen molar-refractivity contribution in [3.05, 3.63) is 82.4 Å². The number of anilines is 2. The van der Waals surface area contributed by atoms with E-state index in [0.717, 1.165) is 12.0 Å². The zero-order valence-corrected chi connectivity index (χ0v) is 17.6. The van der Waals surface area contributed by atoms with E-state index in [0.29, 0.717) is 29.4 Å². The molecule has 0 aliphatic carbocycles. The van der Waals surface area contributed by atoms with Crippen LogP contribution in [0.25, 0.3) is 5.69 Å². The fraction of sp³-hybridized carbons (Fsp3) is 0.227. The van der Waals surface area contributed by atoms with Gasteiger partial charge in [0.1, 0.15) is 11.6 Å². The predicted octanol–water partition coefficient (Wildman–Crippen LogP) is 3.20. The maximum atomic E-state index is 13.7. The summed E-state index contributed by atoms with van der Waals surface area (Å²) < 4.78 is 20.8. The SMILES string of the molecule is CC(C)Oc1cc(F)ccc1Nc1nccn(-c2ccc(CCc3nn[nH]n3)cc2)c1=O. The Balaban J connectivity index is 1.55. The number of H-pyrrole nitrogens is 1. The van der Waals surface area contributed by atoms with E-state index in [1.807, 2.05) is 38.1 Å². The molecule has 0 spiro atoms. The number of nitrogens with zero attached hydrogens (tertiary/aromatic N) is 5. The highest BCUT2D eigenvalue weighted by Gasteiger charge is 2.12. The van der Waals surface area contributed by atoms with Crippen molar-refractivity contribution in [1.29, 1.82) is 0 Å². The molecule has 0 aliphatic heterocycles. The molecule has 32 heavy (non-hydrogen) atoms. The molecule has 0 saturated heterocycles. The first kappa shape index (κ1) is 21.2. The number of halogens is 1. The fourth-order valence-corrected chi connectivity index (χ4v) is 3.15. The normalized spacial score (nSPS) is 11.0. The number of benzene rings is 2. The zero-order valence-electron chi connectivity index (χ0n) is 17.6. The van der Waals surface area contributed by atoms with Gasteiger partial charge in [-0.05, 0) is 50.1 Å². The summed E-state index contributed by atoms with van der Waals surface area (Å²) in [6, 6.07) is 11.7. The average Bonchev–Trinajstić information content (AvgIpc) is 3.29. The number of rotatable bonds is 8. The molecule has 0 radical (unpaired) electrons. The molecule has 0 saturated carbocycles. The molecule has 2 aromatic carbocycles. The van der Waals surface area contributed by atoms with Crippen LogP contribution in [-0.4, -0.2) is 36.3 Å². The Morgan fingerprint density at radius 2 is 1.97 bits per heavy atom. The summed E-state index contributed by atoms with van der Waals surface area (Å²) in [7, 11) is 0. The molecule has 0 atom stereocenters. The molecule has 4 aromatic rings. The third kappa shape index (κ3) is 4.97. The molecule has 164 valence electrons. The third-order valence-corrected chi connectivity index (χ3v) is 4.64. The number of aryl methyl sites for hydroxylation is 2. The van der Waals surface area contributed by atoms with Crippen LogP contribution in [0, 0.1) is 5.82 Å². The molecule has 4 rings (SSSR count). The first-order chi connectivity index (χ1) is 15.5. The van der Waals surface area contributed by atoms with E-state index >= 15 is 0 Å². The summed E-state index contributed by atoms with van der Waals surface area (Å²) >= 11 is 0. The lowest BCUT2D eigenvalue weighted by atomic mass is 10.1. The minimum atomic E-state index is -0.427. The standard InChI is InChI=1S/C22H22FN7O2/c1-14(2)32-19-13-16(23)6-9-18(19)25-21-22(31)30(12-11-24-21)17-7-3-15(4-8-17)5-10-20-26-28-29-27-20/h3-4,6-9,11-14H,5,10H2,1-2H3,(H,24,25)(H,26,27,28,29). The van der Waals surface area contributed by atoms with Gasteiger partial charge in [0.15, 0.2) is 11.6 Å². The number of nitrogens with one attached hydrogen (secondary N) is 2. The minimum Gasteiger partial charge on any atom is -0.489 e. The summed E-state index contributed by atoms with van der Waals surface area (Å²) in [6.45, 7) is 3.68. The molecule has 0 unspecified atom stereocenters. The second-order valence-corrected chi connectivity index (χ2v) is 7.38. The van der Waals surface area contributed by atoms with Crippen molar-refractivity contribution in [3.8, 4) is 11.4 Å². The monoisotopic (exact) mass is 435 g/mol. The van der Waals surface area contributed by atoms with Gasteiger partial charge < -0.3 is 10.1 Å². The Hall–Kier alpha value is -4.08. The fourth-order valence-electron chi connectivity index (χ4n) is 3.15. The van der Waals surface area contributed by atoms with E-state index in [-0.39, 0.29) is 17.5 Å². The largest absolute Gasteiger partial charge is 0.489 e. The Labute approximate surface area is 183 Å². The van der Waals surface area contributed by atoms with Gasteiger partial charge >= 0.3 is 0 Å². The Morgan fingerprint density at radius 1 is 1.16 bits per heavy atom. The van der Waals surface area contributed by atoms with Crippen LogP contribution in [-0.2, 0) is 12.8 Å². The maximum absolute atomic E-state index is 13.7. The predicted molar refractivity (Wildman–Crippen MR) is 117 cm³/mol. The van der Waals surface area contributed by atoms with Crippen LogP contribution >= 0.6 is 0 Å². The van der Waals surface area contributed by atoms with Gasteiger partial charge in [-0.15, -0.1) is 10.2 Å². The van der Waals surface area contributed by atoms with Crippen LogP contribution in [0.15, 0.2) is 59.7 Å². The summed E-state index contributed by atoms with van der Waals surface area (Å²) in [5.74, 6) is 0.636. The number of tetrazole rings is 1. The molecular formula is C22H22FN7O2. The van der Waals surface area contributed by atoms with E-state index in [9.17, 15) is 9.18 Å². The topological polar surface area (TPSA) is 111 Å². The van der Waals surface area contributed by atoms with Crippen molar-refractivity contribution in [2.75, 3.05) is 5.32 Å². The van der Waals surface area contributed by atoms with E-state index < -0.39 is 5.82 Å². The summed E-state index contributed by atoms with van der Waals surface area (Å²) in [4.78, 5) is 17.2. The van der Waals surface area contributed by atoms with Gasteiger partial charge in [-0.1, -0.05) is 17.3 Å². The van der Waals surface area contributed by atoms with Crippen LogP contribution in [0.2, 0.25) is 0 Å². The summed E-state index contributed by atoms with van der Waals surface area (Å²) in [6.07, 6.45) is 4.38. The van der Waals surface area contributed by atoms with Crippen molar-refractivity contribution in [1.82, 2.24) is 30.2 Å². The van der Waals surface area contributed by atoms with Gasteiger partial charge in [-0.2, -0.15) is 5.21 Å². The maximum Gasteiger partial charge on any atom is 0.298 e. The zero-order chi connectivity index (χ0) is 22.5. The molecule has 0 bridgehead atoms. The van der Waals surface area contributed by atoms with E-state index in [4.69, 9.17) is 4.74 Å². The molecule has 0 aliphatic rings. The van der Waals surface area contributed by atoms with Crippen molar-refractivity contribution < 1.29 is 9.13 Å². The second-order valence-electron chi connectivity index (χ2n) is 7.38. The van der Waals surface area contributed by atoms with Crippen LogP contribution < -0.4 is 15.6 Å². The van der Waals surface area contributed by atoms with Crippen LogP contribution in [0.4, 0.5) is 15.9 Å². The smallest absolute Gasteiger partial charge is 0.298 e. The minimum absolute atomic E-state index is 0.105. The van der Waals surface area contributed by atoms with Crippen molar-refractivity contribution >= 4 is 11.5 Å². The molecule has 0 amide bonds. The number of aromatic nitrogens is 6. The molecule has 0 fully saturated rings. The Kier molecular flexibility index (Phi) is 6.20. The van der Waals surface area contributed by atoms with Gasteiger partial charge in [0.25, 0.3) is 5.56 Å². The number of ether oxygens (including phenoxy) is 1. The molecule has 2 N–H and O–H groups in total. The van der Waals surface area contributed by atoms with Gasteiger partial charge in [0.2, 0.25) is 0 Å². The van der Waals surface area contributed by atoms with Crippen LogP contribution in [0.1, 0.15) is 25.2 Å². The first-order valence-electron chi connectivity index (χ1n) is 10.1. The molecule has 10 heteroatoms. The van der Waals surface area contributed by atoms with Gasteiger partial charge in [-0.3, -0.25) is 9.36 Å². The third-order valence-electron chi connectivity index (χ3n) is 4.64. The molecule has 2 aromatic heterocycles. The molecular weight excluding hydrogens is 413 g/mol. The quantitative estimate of drug-likeness (QED) is 0.437. The average molecular weight is 435 g/mol. The lowest BCUT2D eigenvalue weighted by Crippen LogP contribution is -2.22. The highest BCUT2D eigenvalue weighted by Crippen LogP contribution is 2.28. The lowest BCUT2D eigenvalue weighted by Gasteiger charge is -2.15. The van der Waals surface area contributed by atoms with Crippen LogP contribution in [0.5, 0.6) is 5.75 Å². The number of hydrogen-bond donors (Lipinski definition) is 2. The molecule has 9 nitrogen and oxygen atoms in total. The summed E-state index contributed by atoms with van der Waals surface area (Å²) in [5, 5.41) is 16.8. The Bertz CT molecular complexity index is 1240. The number of aromatic amines is 1. The van der Waals surface area contributed by atoms with Gasteiger partial charge in [0.05, 0.1) is 11.8 Å². The molecule has 2 heterocycles. The second kappa shape index (κ2) is 9.38. The van der Waals surface area contributed by atoms with Crippen molar-refractivity contribution in [3.63, 3.8) is 0 Å². The van der Waals surface area contributed by atoms with Crippen molar-refractivity contribution in [2.24, 2.45) is 0 Å². The van der Waals surface area contributed by atoms with E-state index in [1.165, 1.54) is 29.0 Å². The first-order valence-corrected chi connectivity index (χ1v) is 10.1.